The number of methoxy groups -OCH3 is 1. The van der Waals surface area contributed by atoms with E-state index in [-0.39, 0.29) is 30.3 Å². The number of ether oxygens (including phenoxy) is 2. The van der Waals surface area contributed by atoms with Crippen LogP contribution in [0.25, 0.3) is 22.3 Å². The number of carbonyl (C=O) groups excluding carboxylic acids is 4. The first-order chi connectivity index (χ1) is 30.1. The fraction of sp³-hybridized carbons (Fsp3) is 0.455. The number of para-hydroxylation sites is 1. The average Bonchev–Trinajstić information content (AvgIpc) is 3.50. The second-order valence-electron chi connectivity index (χ2n) is 16.7. The molecule has 5 amide bonds. The highest BCUT2D eigenvalue weighted by molar-refractivity contribution is 7.90. The normalized spacial score (nSPS) is 22.6. The van der Waals surface area contributed by atoms with E-state index in [1.807, 2.05) is 37.4 Å². The Morgan fingerprint density at radius 3 is 2.57 bits per heavy atom. The van der Waals surface area contributed by atoms with Gasteiger partial charge in [-0.1, -0.05) is 30.7 Å². The Kier molecular flexibility index (Phi) is 13.5. The van der Waals surface area contributed by atoms with E-state index in [9.17, 15) is 27.6 Å². The molecule has 0 spiro atoms. The Labute approximate surface area is 371 Å². The zero-order valence-corrected chi connectivity index (χ0v) is 37.9. The summed E-state index contributed by atoms with van der Waals surface area (Å²) < 4.78 is 42.2. The number of allylic oxidation sites excluding steroid dienone is 1. The summed E-state index contributed by atoms with van der Waals surface area (Å²) in [4.78, 5) is 66.6. The van der Waals surface area contributed by atoms with Crippen LogP contribution < -0.4 is 35.6 Å². The summed E-state index contributed by atoms with van der Waals surface area (Å²) in [5.74, 6) is -1.56. The molecule has 1 saturated carbocycles. The van der Waals surface area contributed by atoms with Gasteiger partial charge >= 0.3 is 6.03 Å². The number of likely N-dealkylation sites (tertiary alicyclic amines) is 1. The molecule has 19 heteroatoms. The highest BCUT2D eigenvalue weighted by atomic mass is 32.2. The van der Waals surface area contributed by atoms with Gasteiger partial charge in [-0.3, -0.25) is 19.8 Å². The molecule has 5 N–H and O–H groups in total. The van der Waals surface area contributed by atoms with Crippen molar-refractivity contribution in [3.63, 3.8) is 0 Å². The number of nitrogens with one attached hydrogen (secondary N) is 5. The monoisotopic (exact) mass is 901 g/mol. The fourth-order valence-corrected chi connectivity index (χ4v) is 9.99. The number of hydrogen-bond donors (Lipinski definition) is 5. The van der Waals surface area contributed by atoms with E-state index in [0.717, 1.165) is 35.8 Å². The summed E-state index contributed by atoms with van der Waals surface area (Å²) in [6.45, 7) is 9.26. The van der Waals surface area contributed by atoms with Crippen molar-refractivity contribution in [3.05, 3.63) is 66.1 Å². The molecule has 2 fully saturated rings. The molecule has 1 aliphatic carbocycles. The van der Waals surface area contributed by atoms with Crippen molar-refractivity contribution in [2.75, 3.05) is 30.8 Å². The summed E-state index contributed by atoms with van der Waals surface area (Å²) >= 11 is 1.44. The van der Waals surface area contributed by atoms with Crippen LogP contribution in [0, 0.1) is 5.92 Å². The lowest BCUT2D eigenvalue weighted by Gasteiger charge is -2.33. The van der Waals surface area contributed by atoms with Gasteiger partial charge in [0.2, 0.25) is 11.8 Å². The molecule has 4 heterocycles. The third-order valence-electron chi connectivity index (χ3n) is 11.2. The van der Waals surface area contributed by atoms with Gasteiger partial charge in [0.25, 0.3) is 15.9 Å². The van der Waals surface area contributed by atoms with E-state index in [1.54, 1.807) is 57.4 Å². The topological polar surface area (TPSA) is 213 Å². The van der Waals surface area contributed by atoms with Gasteiger partial charge in [0, 0.05) is 60.8 Å². The molecule has 17 nitrogen and oxygen atoms in total. The van der Waals surface area contributed by atoms with Crippen molar-refractivity contribution in [1.82, 2.24) is 35.3 Å². The van der Waals surface area contributed by atoms with Crippen LogP contribution >= 0.6 is 11.3 Å². The second-order valence-corrected chi connectivity index (χ2v) is 19.2. The maximum atomic E-state index is 14.7. The van der Waals surface area contributed by atoms with Crippen molar-refractivity contribution >= 4 is 66.8 Å². The van der Waals surface area contributed by atoms with Crippen LogP contribution in [0.15, 0.2) is 71.0 Å². The van der Waals surface area contributed by atoms with Gasteiger partial charge in [-0.15, -0.1) is 11.3 Å². The van der Waals surface area contributed by atoms with Gasteiger partial charge in [0.15, 0.2) is 5.13 Å². The minimum Gasteiger partial charge on any atom is -0.497 e. The predicted molar refractivity (Wildman–Crippen MR) is 241 cm³/mol. The number of pyridine rings is 1. The SMILES string of the molecule is COc1ccc2c(O[C@@H]3C[C@@H](C(=O)N[C@]45C[C@H]4/C=C\CCCCCNc4ccccc4S(=O)(=O)NC5=O)N(C(=O)N(NC(C)=O)C(C)C)C3)cc(-c3csc(NC(C)C)n3)nc2c1. The first kappa shape index (κ1) is 45.1. The standard InChI is InChI=1S/C44H55N9O8S2/c1-26(2)46-42-48-36(25-62-42)35-22-38(32-18-17-30(60-6)20-34(32)47-35)61-31-21-37(52(24-31)43(57)53(27(3)4)50-28(5)54)40(55)49-44-23-29(44)14-10-8-7-9-13-19-45-33-15-11-12-16-39(33)63(58,59)51-41(44)56/h10-12,14-18,20,22,25-27,29,31,37,45H,7-9,13,19,21,23-24H2,1-6H3,(H,46,48)(H,49,55)(H,50,54)(H,51,56)/b14-10-/t29-,31-,37+,44-/m1/s1. The molecule has 2 aromatic carbocycles. The molecule has 3 aliphatic rings. The van der Waals surface area contributed by atoms with Crippen LogP contribution in [-0.2, 0) is 24.4 Å². The number of hydrogen-bond acceptors (Lipinski definition) is 13. The summed E-state index contributed by atoms with van der Waals surface area (Å²) in [5, 5.41) is 13.8. The quantitative estimate of drug-likeness (QED) is 0.0995. The van der Waals surface area contributed by atoms with Gasteiger partial charge in [-0.05, 0) is 77.6 Å². The van der Waals surface area contributed by atoms with E-state index in [0.29, 0.717) is 46.0 Å². The van der Waals surface area contributed by atoms with Crippen molar-refractivity contribution in [3.8, 4) is 22.9 Å². The van der Waals surface area contributed by atoms with Crippen LogP contribution in [0.3, 0.4) is 0 Å². The average molecular weight is 902 g/mol. The minimum absolute atomic E-state index is 0.00636. The molecular formula is C44H55N9O8S2. The third kappa shape index (κ3) is 10.1. The van der Waals surface area contributed by atoms with Gasteiger partial charge in [-0.25, -0.2) is 32.9 Å². The van der Waals surface area contributed by atoms with Crippen molar-refractivity contribution < 1.29 is 37.1 Å². The van der Waals surface area contributed by atoms with Crippen molar-refractivity contribution in [2.45, 2.75) is 108 Å². The number of hydrazine groups is 1. The van der Waals surface area contributed by atoms with E-state index < -0.39 is 63.4 Å². The molecular weight excluding hydrogens is 847 g/mol. The lowest BCUT2D eigenvalue weighted by Crippen LogP contribution is -2.60. The third-order valence-corrected chi connectivity index (χ3v) is 13.3. The highest BCUT2D eigenvalue weighted by Gasteiger charge is 2.62. The van der Waals surface area contributed by atoms with E-state index >= 15 is 0 Å². The largest absolute Gasteiger partial charge is 0.497 e. The van der Waals surface area contributed by atoms with E-state index in [1.165, 1.54) is 29.2 Å². The van der Waals surface area contributed by atoms with Crippen LogP contribution in [0.1, 0.15) is 73.1 Å². The number of thiazole rings is 1. The molecule has 2 aliphatic heterocycles. The molecule has 4 atom stereocenters. The Morgan fingerprint density at radius 1 is 1.03 bits per heavy atom. The van der Waals surface area contributed by atoms with Gasteiger partial charge in [-0.2, -0.15) is 0 Å². The van der Waals surface area contributed by atoms with Crippen molar-refractivity contribution in [2.24, 2.45) is 5.92 Å². The Balaban J connectivity index is 1.22. The highest BCUT2D eigenvalue weighted by Crippen LogP contribution is 2.46. The number of anilines is 2. The number of aromatic nitrogens is 2. The Bertz CT molecular complexity index is 2510. The number of fused-ring (bicyclic) bond motifs is 3. The van der Waals surface area contributed by atoms with E-state index in [4.69, 9.17) is 19.4 Å². The van der Waals surface area contributed by atoms with Gasteiger partial charge < -0.3 is 30.3 Å². The number of nitrogens with zero attached hydrogens (tertiary/aromatic N) is 4. The van der Waals surface area contributed by atoms with E-state index in [2.05, 4.69) is 26.1 Å². The smallest absolute Gasteiger partial charge is 0.339 e. The first-order valence-corrected chi connectivity index (χ1v) is 23.6. The lowest BCUT2D eigenvalue weighted by atomic mass is 10.1. The number of amides is 5. The molecule has 0 bridgehead atoms. The number of urea groups is 1. The minimum atomic E-state index is -4.39. The molecule has 1 saturated heterocycles. The zero-order chi connectivity index (χ0) is 45.1. The Morgan fingerprint density at radius 2 is 1.83 bits per heavy atom. The first-order valence-electron chi connectivity index (χ1n) is 21.2. The maximum Gasteiger partial charge on any atom is 0.339 e. The summed E-state index contributed by atoms with van der Waals surface area (Å²) in [6, 6.07) is 11.3. The summed E-state index contributed by atoms with van der Waals surface area (Å²) in [7, 11) is -2.82. The lowest BCUT2D eigenvalue weighted by molar-refractivity contribution is -0.131. The molecule has 336 valence electrons. The van der Waals surface area contributed by atoms with Crippen LogP contribution in [0.2, 0.25) is 0 Å². The Hall–Kier alpha value is -5.95. The van der Waals surface area contributed by atoms with Crippen LogP contribution in [0.4, 0.5) is 15.6 Å². The number of sulfonamides is 1. The van der Waals surface area contributed by atoms with Crippen molar-refractivity contribution in [1.29, 1.82) is 0 Å². The number of benzene rings is 2. The summed E-state index contributed by atoms with van der Waals surface area (Å²) in [6.07, 6.45) is 6.55. The molecule has 0 unspecified atom stereocenters. The number of carbonyl (C=O) groups is 4. The fourth-order valence-electron chi connectivity index (χ4n) is 7.91. The summed E-state index contributed by atoms with van der Waals surface area (Å²) in [5.41, 5.74) is 3.04. The predicted octanol–water partition coefficient (Wildman–Crippen LogP) is 5.81. The number of rotatable bonds is 9. The second kappa shape index (κ2) is 18.8. The molecule has 4 aromatic rings. The van der Waals surface area contributed by atoms with Crippen LogP contribution in [0.5, 0.6) is 11.5 Å². The molecule has 0 radical (unpaired) electrons. The van der Waals surface area contributed by atoms with Gasteiger partial charge in [0.1, 0.15) is 39.8 Å². The molecule has 63 heavy (non-hydrogen) atoms. The van der Waals surface area contributed by atoms with Gasteiger partial charge in [0.05, 0.1) is 30.6 Å². The molecule has 2 aromatic heterocycles. The maximum absolute atomic E-state index is 14.7. The van der Waals surface area contributed by atoms with Crippen LogP contribution in [-0.4, -0.2) is 102 Å². The zero-order valence-electron chi connectivity index (χ0n) is 36.3. The molecule has 7 rings (SSSR count).